The second-order valence-corrected chi connectivity index (χ2v) is 2.65. The van der Waals surface area contributed by atoms with E-state index >= 15 is 0 Å². The van der Waals surface area contributed by atoms with E-state index in [1.807, 2.05) is 37.3 Å². The van der Waals surface area contributed by atoms with Crippen molar-refractivity contribution in [2.24, 2.45) is 10.7 Å². The fourth-order valence-electron chi connectivity index (χ4n) is 0.888. The van der Waals surface area contributed by atoms with E-state index in [-0.39, 0.29) is 12.4 Å². The lowest BCUT2D eigenvalue weighted by Crippen LogP contribution is -2.09. The first kappa shape index (κ1) is 12.0. The van der Waals surface area contributed by atoms with Crippen LogP contribution in [0.25, 0.3) is 0 Å². The minimum Gasteiger partial charge on any atom is -0.387 e. The molecule has 1 aromatic carbocycles. The van der Waals surface area contributed by atoms with Crippen LogP contribution in [0.3, 0.4) is 0 Å². The van der Waals surface area contributed by atoms with E-state index in [0.29, 0.717) is 6.54 Å². The summed E-state index contributed by atoms with van der Waals surface area (Å²) < 4.78 is 0. The third-order valence-corrected chi connectivity index (χ3v) is 1.67. The molecule has 0 aliphatic rings. The first-order valence-electron chi connectivity index (χ1n) is 4.15. The number of aliphatic imine (C=N–C) groups is 1. The van der Waals surface area contributed by atoms with Crippen LogP contribution in [-0.4, -0.2) is 5.84 Å². The van der Waals surface area contributed by atoms with Crippen molar-refractivity contribution >= 4 is 18.2 Å². The van der Waals surface area contributed by atoms with E-state index in [0.717, 1.165) is 12.3 Å². The molecule has 0 fully saturated rings. The second-order valence-electron chi connectivity index (χ2n) is 2.65. The number of hydrogen-bond donors (Lipinski definition) is 1. The molecule has 0 radical (unpaired) electrons. The lowest BCUT2D eigenvalue weighted by Gasteiger charge is -1.96. The van der Waals surface area contributed by atoms with Gasteiger partial charge in [-0.25, -0.2) is 0 Å². The Kier molecular flexibility index (Phi) is 5.98. The van der Waals surface area contributed by atoms with E-state index in [1.54, 1.807) is 0 Å². The molecule has 0 spiro atoms. The Bertz CT molecular complexity index is 257. The zero-order chi connectivity index (χ0) is 8.81. The molecule has 0 aromatic heterocycles. The normalized spacial score (nSPS) is 10.7. The largest absolute Gasteiger partial charge is 0.387 e. The molecule has 2 N–H and O–H groups in total. The van der Waals surface area contributed by atoms with Gasteiger partial charge in [0.05, 0.1) is 12.4 Å². The highest BCUT2D eigenvalue weighted by Gasteiger charge is 1.88. The summed E-state index contributed by atoms with van der Waals surface area (Å²) in [6.07, 6.45) is 0.826. The Morgan fingerprint density at radius 2 is 1.92 bits per heavy atom. The number of rotatable bonds is 3. The standard InChI is InChI=1S/C10H14N2.ClH/c1-2-10(11)12-8-9-6-4-3-5-7-9;/h3-7H,2,8H2,1H3,(H2,11,12);1H. The summed E-state index contributed by atoms with van der Waals surface area (Å²) in [5, 5.41) is 0. The van der Waals surface area contributed by atoms with Gasteiger partial charge in [0.25, 0.3) is 0 Å². The molecule has 0 unspecified atom stereocenters. The Labute approximate surface area is 85.3 Å². The SMILES string of the molecule is CCC(N)=NCc1ccccc1.Cl. The predicted molar refractivity (Wildman–Crippen MR) is 59.3 cm³/mol. The molecule has 2 nitrogen and oxygen atoms in total. The molecule has 1 aromatic rings. The quantitative estimate of drug-likeness (QED) is 0.588. The van der Waals surface area contributed by atoms with Crippen LogP contribution >= 0.6 is 12.4 Å². The lowest BCUT2D eigenvalue weighted by molar-refractivity contribution is 1.04. The van der Waals surface area contributed by atoms with Crippen LogP contribution in [0.2, 0.25) is 0 Å². The van der Waals surface area contributed by atoms with Gasteiger partial charge in [-0.05, 0) is 5.56 Å². The Hall–Kier alpha value is -1.02. The Balaban J connectivity index is 0.00000144. The van der Waals surface area contributed by atoms with Crippen LogP contribution in [0.1, 0.15) is 18.9 Å². The number of amidine groups is 1. The van der Waals surface area contributed by atoms with Crippen molar-refractivity contribution in [3.8, 4) is 0 Å². The number of nitrogens with two attached hydrogens (primary N) is 1. The summed E-state index contributed by atoms with van der Waals surface area (Å²) in [7, 11) is 0. The molecule has 0 saturated carbocycles. The zero-order valence-electron chi connectivity index (χ0n) is 7.73. The minimum absolute atomic E-state index is 0. The van der Waals surface area contributed by atoms with Crippen molar-refractivity contribution in [1.29, 1.82) is 0 Å². The molecule has 0 saturated heterocycles. The predicted octanol–water partition coefficient (Wildman–Crippen LogP) is 2.38. The molecule has 72 valence electrons. The maximum Gasteiger partial charge on any atom is 0.0938 e. The zero-order valence-corrected chi connectivity index (χ0v) is 8.55. The topological polar surface area (TPSA) is 38.4 Å². The van der Waals surface area contributed by atoms with Gasteiger partial charge in [0.2, 0.25) is 0 Å². The van der Waals surface area contributed by atoms with Crippen molar-refractivity contribution in [3.05, 3.63) is 35.9 Å². The molecule has 0 atom stereocenters. The maximum absolute atomic E-state index is 5.57. The van der Waals surface area contributed by atoms with Gasteiger partial charge >= 0.3 is 0 Å². The molecule has 0 bridgehead atoms. The Morgan fingerprint density at radius 3 is 2.46 bits per heavy atom. The van der Waals surface area contributed by atoms with Gasteiger partial charge in [-0.1, -0.05) is 37.3 Å². The van der Waals surface area contributed by atoms with Gasteiger partial charge in [0.1, 0.15) is 0 Å². The third kappa shape index (κ3) is 4.53. The van der Waals surface area contributed by atoms with Crippen molar-refractivity contribution in [3.63, 3.8) is 0 Å². The van der Waals surface area contributed by atoms with Crippen molar-refractivity contribution < 1.29 is 0 Å². The molecule has 0 amide bonds. The summed E-state index contributed by atoms with van der Waals surface area (Å²) in [6, 6.07) is 10.1. The molecule has 3 heteroatoms. The number of benzene rings is 1. The fraction of sp³-hybridized carbons (Fsp3) is 0.300. The van der Waals surface area contributed by atoms with Crippen molar-refractivity contribution in [2.45, 2.75) is 19.9 Å². The highest BCUT2D eigenvalue weighted by molar-refractivity contribution is 5.85. The third-order valence-electron chi connectivity index (χ3n) is 1.67. The molecular formula is C10H15ClN2. The minimum atomic E-state index is 0. The summed E-state index contributed by atoms with van der Waals surface area (Å²) in [5.74, 6) is 0.721. The van der Waals surface area contributed by atoms with Crippen LogP contribution < -0.4 is 5.73 Å². The van der Waals surface area contributed by atoms with Gasteiger partial charge in [-0.15, -0.1) is 12.4 Å². The van der Waals surface area contributed by atoms with Gasteiger partial charge in [-0.3, -0.25) is 4.99 Å². The molecule has 13 heavy (non-hydrogen) atoms. The summed E-state index contributed by atoms with van der Waals surface area (Å²) >= 11 is 0. The van der Waals surface area contributed by atoms with Gasteiger partial charge in [0.15, 0.2) is 0 Å². The van der Waals surface area contributed by atoms with Crippen LogP contribution in [0, 0.1) is 0 Å². The average Bonchev–Trinajstić information content (AvgIpc) is 2.16. The molecule has 0 heterocycles. The molecule has 0 aliphatic heterocycles. The van der Waals surface area contributed by atoms with Gasteiger partial charge in [0, 0.05) is 6.42 Å². The van der Waals surface area contributed by atoms with E-state index in [4.69, 9.17) is 5.73 Å². The summed E-state index contributed by atoms with van der Waals surface area (Å²) in [6.45, 7) is 2.70. The molecule has 1 rings (SSSR count). The first-order chi connectivity index (χ1) is 5.83. The molecule has 0 aliphatic carbocycles. The van der Waals surface area contributed by atoms with Gasteiger partial charge in [-0.2, -0.15) is 0 Å². The smallest absolute Gasteiger partial charge is 0.0938 e. The first-order valence-corrected chi connectivity index (χ1v) is 4.15. The number of nitrogens with zero attached hydrogens (tertiary/aromatic N) is 1. The summed E-state index contributed by atoms with van der Waals surface area (Å²) in [5.41, 5.74) is 6.77. The van der Waals surface area contributed by atoms with E-state index in [9.17, 15) is 0 Å². The Morgan fingerprint density at radius 1 is 1.31 bits per heavy atom. The van der Waals surface area contributed by atoms with Gasteiger partial charge < -0.3 is 5.73 Å². The van der Waals surface area contributed by atoms with Crippen molar-refractivity contribution in [2.75, 3.05) is 0 Å². The lowest BCUT2D eigenvalue weighted by atomic mass is 10.2. The van der Waals surface area contributed by atoms with E-state index < -0.39 is 0 Å². The molecular weight excluding hydrogens is 184 g/mol. The number of hydrogen-bond acceptors (Lipinski definition) is 1. The van der Waals surface area contributed by atoms with Crippen LogP contribution in [0.15, 0.2) is 35.3 Å². The van der Waals surface area contributed by atoms with E-state index in [1.165, 1.54) is 5.56 Å². The van der Waals surface area contributed by atoms with Crippen molar-refractivity contribution in [1.82, 2.24) is 0 Å². The van der Waals surface area contributed by atoms with Crippen LogP contribution in [-0.2, 0) is 6.54 Å². The highest BCUT2D eigenvalue weighted by Crippen LogP contribution is 1.99. The number of halogens is 1. The van der Waals surface area contributed by atoms with Crippen LogP contribution in [0.5, 0.6) is 0 Å². The van der Waals surface area contributed by atoms with E-state index in [2.05, 4.69) is 4.99 Å². The average molecular weight is 199 g/mol. The second kappa shape index (κ2) is 6.49. The maximum atomic E-state index is 5.57. The fourth-order valence-corrected chi connectivity index (χ4v) is 0.888. The van der Waals surface area contributed by atoms with Crippen LogP contribution in [0.4, 0.5) is 0 Å². The highest BCUT2D eigenvalue weighted by atomic mass is 35.5. The summed E-state index contributed by atoms with van der Waals surface area (Å²) in [4.78, 5) is 4.21. The monoisotopic (exact) mass is 198 g/mol.